The lowest BCUT2D eigenvalue weighted by atomic mass is 9.85. The van der Waals surface area contributed by atoms with Gasteiger partial charge in [-0.1, -0.05) is 61.8 Å². The molecule has 2 aliphatic rings. The van der Waals surface area contributed by atoms with Crippen molar-refractivity contribution in [2.75, 3.05) is 0 Å². The van der Waals surface area contributed by atoms with E-state index in [2.05, 4.69) is 23.6 Å². The minimum Gasteiger partial charge on any atom is -0.510 e. The maximum absolute atomic E-state index is 12.6. The number of hydrogen-bond donors (Lipinski definition) is 5. The molecule has 210 valence electrons. The van der Waals surface area contributed by atoms with Crippen LogP contribution in [0.5, 0.6) is 0 Å². The molecule has 0 spiro atoms. The maximum atomic E-state index is 12.6. The molecule has 2 atom stereocenters. The summed E-state index contributed by atoms with van der Waals surface area (Å²) in [4.78, 5) is 48.5. The number of allylic oxidation sites excluding steroid dienone is 10. The number of nitrogens with one attached hydrogen (secondary N) is 2. The molecule has 2 rings (SSSR count). The molecular formula is C30H38N2O7. The summed E-state index contributed by atoms with van der Waals surface area (Å²) in [6.45, 7) is 5.67. The maximum Gasteiger partial charge on any atom is 0.251 e. The molecule has 0 aromatic heterocycles. The minimum atomic E-state index is -1.90. The first-order valence-corrected chi connectivity index (χ1v) is 13.1. The summed E-state index contributed by atoms with van der Waals surface area (Å²) >= 11 is 0. The zero-order chi connectivity index (χ0) is 29.0. The van der Waals surface area contributed by atoms with E-state index in [1.807, 2.05) is 6.92 Å². The Morgan fingerprint density at radius 3 is 2.44 bits per heavy atom. The average molecular weight is 539 g/mol. The Balaban J connectivity index is 2.01. The van der Waals surface area contributed by atoms with Gasteiger partial charge in [-0.3, -0.25) is 19.2 Å². The summed E-state index contributed by atoms with van der Waals surface area (Å²) < 4.78 is 0. The van der Waals surface area contributed by atoms with Crippen LogP contribution in [0.2, 0.25) is 0 Å². The number of hydrogen-bond acceptors (Lipinski definition) is 7. The SMILES string of the molecule is CCCCC/C=C(C)/C=C(\C)C(=O)NC1=CC(O)(/C=C/C=C/C=C/C(=O)NC2=C(O)CCC2=O)C(O)CC1=O. The zero-order valence-corrected chi connectivity index (χ0v) is 22.7. The van der Waals surface area contributed by atoms with Crippen molar-refractivity contribution in [2.24, 2.45) is 0 Å². The molecule has 0 radical (unpaired) electrons. The van der Waals surface area contributed by atoms with Gasteiger partial charge in [0.05, 0.1) is 11.8 Å². The van der Waals surface area contributed by atoms with Crippen molar-refractivity contribution < 1.29 is 34.5 Å². The number of carbonyl (C=O) groups is 4. The lowest BCUT2D eigenvalue weighted by Gasteiger charge is -2.31. The zero-order valence-electron chi connectivity index (χ0n) is 22.7. The van der Waals surface area contributed by atoms with Crippen molar-refractivity contribution in [3.8, 4) is 0 Å². The summed E-state index contributed by atoms with van der Waals surface area (Å²) in [6.07, 6.45) is 16.0. The summed E-state index contributed by atoms with van der Waals surface area (Å²) in [5, 5.41) is 35.7. The minimum absolute atomic E-state index is 0.0917. The van der Waals surface area contributed by atoms with E-state index in [1.54, 1.807) is 13.0 Å². The van der Waals surface area contributed by atoms with Gasteiger partial charge in [-0.2, -0.15) is 0 Å². The van der Waals surface area contributed by atoms with Gasteiger partial charge >= 0.3 is 0 Å². The highest BCUT2D eigenvalue weighted by molar-refractivity contribution is 6.04. The van der Waals surface area contributed by atoms with E-state index in [9.17, 15) is 34.5 Å². The number of rotatable bonds is 12. The molecule has 9 heteroatoms. The van der Waals surface area contributed by atoms with Crippen LogP contribution < -0.4 is 10.6 Å². The molecule has 0 aromatic rings. The number of carbonyl (C=O) groups excluding carboxylic acids is 4. The number of Topliss-reactive ketones (excluding diaryl/α,β-unsaturated/α-hetero) is 2. The smallest absolute Gasteiger partial charge is 0.251 e. The Hall–Kier alpha value is -3.82. The second-order valence-electron chi connectivity index (χ2n) is 9.65. The van der Waals surface area contributed by atoms with Gasteiger partial charge in [-0.25, -0.2) is 0 Å². The van der Waals surface area contributed by atoms with Crippen LogP contribution in [0.4, 0.5) is 0 Å². The number of ketones is 2. The summed E-state index contributed by atoms with van der Waals surface area (Å²) in [7, 11) is 0. The topological polar surface area (TPSA) is 153 Å². The van der Waals surface area contributed by atoms with Crippen molar-refractivity contribution in [1.29, 1.82) is 0 Å². The van der Waals surface area contributed by atoms with Crippen molar-refractivity contribution >= 4 is 23.4 Å². The van der Waals surface area contributed by atoms with Crippen molar-refractivity contribution in [1.82, 2.24) is 10.6 Å². The average Bonchev–Trinajstić information content (AvgIpc) is 3.19. The van der Waals surface area contributed by atoms with E-state index in [0.29, 0.717) is 5.57 Å². The Morgan fingerprint density at radius 2 is 1.77 bits per heavy atom. The van der Waals surface area contributed by atoms with Gasteiger partial charge in [0.15, 0.2) is 11.6 Å². The van der Waals surface area contributed by atoms with Crippen LogP contribution in [-0.2, 0) is 19.2 Å². The fourth-order valence-corrected chi connectivity index (χ4v) is 3.96. The standard InChI is InChI=1S/C30H38N2O7/c1-4-5-6-9-12-20(2)17-21(3)29(38)31-22-19-30(39,26(36)18-25(22)35)16-11-8-7-10-13-27(37)32-28-23(33)14-15-24(28)34/h7-8,10-13,16-17,19,26,33,36,39H,4-6,9,14-15,18H2,1-3H3,(H,31,38)(H,32,37)/b8-7+,13-10+,16-11+,20-12+,21-17+. The number of amides is 2. The first kappa shape index (κ1) is 31.4. The molecule has 2 aliphatic carbocycles. The summed E-state index contributed by atoms with van der Waals surface area (Å²) in [5.41, 5.74) is -0.749. The van der Waals surface area contributed by atoms with Gasteiger partial charge in [0.1, 0.15) is 17.1 Å². The summed E-state index contributed by atoms with van der Waals surface area (Å²) in [5.74, 6) is -2.04. The molecule has 2 unspecified atom stereocenters. The number of unbranched alkanes of at least 4 members (excludes halogenated alkanes) is 3. The molecule has 2 amide bonds. The lowest BCUT2D eigenvalue weighted by molar-refractivity contribution is -0.125. The molecule has 0 fully saturated rings. The van der Waals surface area contributed by atoms with Gasteiger partial charge in [-0.05, 0) is 38.8 Å². The molecule has 39 heavy (non-hydrogen) atoms. The number of aliphatic hydroxyl groups is 3. The van der Waals surface area contributed by atoms with Gasteiger partial charge in [0.2, 0.25) is 5.91 Å². The molecule has 0 aromatic carbocycles. The second kappa shape index (κ2) is 14.9. The Bertz CT molecular complexity index is 1180. The van der Waals surface area contributed by atoms with E-state index in [0.717, 1.165) is 43.4 Å². The van der Waals surface area contributed by atoms with Gasteiger partial charge in [0.25, 0.3) is 5.91 Å². The van der Waals surface area contributed by atoms with Gasteiger partial charge < -0.3 is 26.0 Å². The molecular weight excluding hydrogens is 500 g/mol. The monoisotopic (exact) mass is 538 g/mol. The van der Waals surface area contributed by atoms with E-state index in [-0.39, 0.29) is 42.2 Å². The van der Waals surface area contributed by atoms with Crippen LogP contribution in [0.15, 0.2) is 83.0 Å². The van der Waals surface area contributed by atoms with Crippen LogP contribution >= 0.6 is 0 Å². The fraction of sp³-hybridized carbons (Fsp3) is 0.400. The first-order chi connectivity index (χ1) is 18.5. The molecule has 9 nitrogen and oxygen atoms in total. The third kappa shape index (κ3) is 9.77. The largest absolute Gasteiger partial charge is 0.510 e. The fourth-order valence-electron chi connectivity index (χ4n) is 3.96. The predicted molar refractivity (Wildman–Crippen MR) is 148 cm³/mol. The Kier molecular flexibility index (Phi) is 12.0. The molecule has 0 saturated carbocycles. The summed E-state index contributed by atoms with van der Waals surface area (Å²) in [6, 6.07) is 0. The van der Waals surface area contributed by atoms with Crippen molar-refractivity contribution in [3.05, 3.63) is 83.0 Å². The van der Waals surface area contributed by atoms with Crippen molar-refractivity contribution in [2.45, 2.75) is 77.4 Å². The van der Waals surface area contributed by atoms with Crippen LogP contribution in [0.25, 0.3) is 0 Å². The first-order valence-electron chi connectivity index (χ1n) is 13.1. The van der Waals surface area contributed by atoms with Crippen LogP contribution in [0.3, 0.4) is 0 Å². The molecule has 0 bridgehead atoms. The van der Waals surface area contributed by atoms with Gasteiger partial charge in [-0.15, -0.1) is 0 Å². The highest BCUT2D eigenvalue weighted by Crippen LogP contribution is 2.26. The van der Waals surface area contributed by atoms with Crippen molar-refractivity contribution in [3.63, 3.8) is 0 Å². The van der Waals surface area contributed by atoms with Crippen LogP contribution in [0.1, 0.15) is 65.7 Å². The lowest BCUT2D eigenvalue weighted by Crippen LogP contribution is -2.46. The Morgan fingerprint density at radius 1 is 1.05 bits per heavy atom. The molecule has 5 N–H and O–H groups in total. The van der Waals surface area contributed by atoms with E-state index in [1.165, 1.54) is 30.4 Å². The highest BCUT2D eigenvalue weighted by atomic mass is 16.3. The van der Waals surface area contributed by atoms with E-state index < -0.39 is 29.3 Å². The highest BCUT2D eigenvalue weighted by Gasteiger charge is 2.39. The predicted octanol–water partition coefficient (Wildman–Crippen LogP) is 3.44. The molecule has 0 heterocycles. The third-order valence-electron chi connectivity index (χ3n) is 6.26. The van der Waals surface area contributed by atoms with Gasteiger partial charge in [0, 0.05) is 30.9 Å². The third-order valence-corrected chi connectivity index (χ3v) is 6.26. The normalized spacial score (nSPS) is 22.9. The van der Waals surface area contributed by atoms with Crippen LogP contribution in [-0.4, -0.2) is 50.4 Å². The molecule has 0 saturated heterocycles. The second-order valence-corrected chi connectivity index (χ2v) is 9.65. The van der Waals surface area contributed by atoms with E-state index in [4.69, 9.17) is 0 Å². The molecule has 0 aliphatic heterocycles. The van der Waals surface area contributed by atoms with E-state index >= 15 is 0 Å². The van der Waals surface area contributed by atoms with Crippen LogP contribution in [0, 0.1) is 0 Å². The Labute approximate surface area is 229 Å². The number of aliphatic hydroxyl groups excluding tert-OH is 2. The quantitative estimate of drug-likeness (QED) is 0.145.